The van der Waals surface area contributed by atoms with Crippen molar-refractivity contribution in [3.05, 3.63) is 0 Å². The predicted molar refractivity (Wildman–Crippen MR) is 377 cm³/mol. The van der Waals surface area contributed by atoms with Gasteiger partial charge in [-0.1, -0.05) is 325 Å². The molecule has 5 atom stereocenters. The highest BCUT2D eigenvalue weighted by Crippen LogP contribution is 2.45. The van der Waals surface area contributed by atoms with Crippen LogP contribution in [-0.2, 0) is 65.4 Å². The fourth-order valence-corrected chi connectivity index (χ4v) is 12.8. The third-order valence-electron chi connectivity index (χ3n) is 17.1. The monoisotopic (exact) mass is 1370 g/mol. The van der Waals surface area contributed by atoms with Crippen LogP contribution in [0.4, 0.5) is 0 Å². The number of hydrogen-bond acceptors (Lipinski definition) is 15. The van der Waals surface area contributed by atoms with E-state index in [0.717, 1.165) is 108 Å². The summed E-state index contributed by atoms with van der Waals surface area (Å²) in [4.78, 5) is 72.8. The summed E-state index contributed by atoms with van der Waals surface area (Å²) in [7, 11) is -9.91. The molecule has 0 bridgehead atoms. The van der Waals surface area contributed by atoms with Crippen LogP contribution in [0.15, 0.2) is 0 Å². The Labute approximate surface area is 568 Å². The van der Waals surface area contributed by atoms with Gasteiger partial charge in [0.1, 0.15) is 19.3 Å². The van der Waals surface area contributed by atoms with Gasteiger partial charge in [0.2, 0.25) is 0 Å². The van der Waals surface area contributed by atoms with Gasteiger partial charge in [-0.2, -0.15) is 0 Å². The fraction of sp³-hybridized carbons (Fsp3) is 0.946. The number of rotatable bonds is 72. The summed E-state index contributed by atoms with van der Waals surface area (Å²) in [5.74, 6) is 0.150. The van der Waals surface area contributed by atoms with Crippen molar-refractivity contribution in [2.75, 3.05) is 39.6 Å². The first-order chi connectivity index (χ1) is 44.7. The molecule has 0 aliphatic carbocycles. The Balaban J connectivity index is 5.27. The molecule has 0 aliphatic rings. The summed E-state index contributed by atoms with van der Waals surface area (Å²) in [5.41, 5.74) is 0. The summed E-state index contributed by atoms with van der Waals surface area (Å²) < 4.78 is 68.5. The van der Waals surface area contributed by atoms with Crippen LogP contribution in [-0.4, -0.2) is 96.7 Å². The Kier molecular flexibility index (Phi) is 63.4. The van der Waals surface area contributed by atoms with E-state index < -0.39 is 97.5 Å². The first kappa shape index (κ1) is 91.1. The molecule has 19 heteroatoms. The zero-order valence-electron chi connectivity index (χ0n) is 60.7. The van der Waals surface area contributed by atoms with E-state index in [1.54, 1.807) is 0 Å². The van der Waals surface area contributed by atoms with Crippen LogP contribution in [0, 0.1) is 17.8 Å². The van der Waals surface area contributed by atoms with Gasteiger partial charge in [-0.3, -0.25) is 37.3 Å². The predicted octanol–water partition coefficient (Wildman–Crippen LogP) is 21.4. The summed E-state index contributed by atoms with van der Waals surface area (Å²) in [5, 5.41) is 10.6. The van der Waals surface area contributed by atoms with Gasteiger partial charge in [-0.15, -0.1) is 0 Å². The lowest BCUT2D eigenvalue weighted by molar-refractivity contribution is -0.161. The molecule has 0 radical (unpaired) electrons. The summed E-state index contributed by atoms with van der Waals surface area (Å²) in [6, 6.07) is 0. The smallest absolute Gasteiger partial charge is 0.462 e. The third-order valence-corrected chi connectivity index (χ3v) is 19.0. The molecule has 0 heterocycles. The molecule has 0 aliphatic heterocycles. The molecule has 3 N–H and O–H groups in total. The van der Waals surface area contributed by atoms with Gasteiger partial charge >= 0.3 is 39.5 Å². The largest absolute Gasteiger partial charge is 0.472 e. The van der Waals surface area contributed by atoms with Crippen LogP contribution >= 0.6 is 15.6 Å². The standard InChI is InChI=1S/C74H144O17P2/c1-8-9-10-11-12-13-14-15-16-17-29-36-43-50-57-73(78)90-69(61-84-71(76)55-48-41-34-27-21-18-24-31-38-45-52-65(2)3)63-88-92(80,81)86-59-68(75)60-87-93(82,83)89-64-70(91-74(79)58-51-44-37-30-23-20-26-33-40-47-54-67(6)7)62-85-72(77)56-49-42-35-28-22-19-25-32-39-46-53-66(4)5/h65-70,75H,8-64H2,1-7H3,(H,80,81)(H,82,83)/t68-,69-,70-/m1/s1. The lowest BCUT2D eigenvalue weighted by Crippen LogP contribution is -2.30. The van der Waals surface area contributed by atoms with Crippen molar-refractivity contribution in [2.45, 2.75) is 394 Å². The summed E-state index contributed by atoms with van der Waals surface area (Å²) in [6.45, 7) is 11.9. The lowest BCUT2D eigenvalue weighted by atomic mass is 10.0. The van der Waals surface area contributed by atoms with Crippen LogP contribution in [0.5, 0.6) is 0 Å². The van der Waals surface area contributed by atoms with E-state index in [2.05, 4.69) is 48.5 Å². The molecule has 0 aromatic rings. The molecule has 2 unspecified atom stereocenters. The highest BCUT2D eigenvalue weighted by atomic mass is 31.2. The Morgan fingerprint density at radius 1 is 0.290 bits per heavy atom. The number of aliphatic hydroxyl groups excluding tert-OH is 1. The van der Waals surface area contributed by atoms with E-state index in [1.165, 1.54) is 186 Å². The van der Waals surface area contributed by atoms with Gasteiger partial charge in [-0.25, -0.2) is 9.13 Å². The Bertz CT molecular complexity index is 1820. The number of esters is 4. The van der Waals surface area contributed by atoms with E-state index in [-0.39, 0.29) is 25.7 Å². The van der Waals surface area contributed by atoms with Crippen molar-refractivity contribution in [3.63, 3.8) is 0 Å². The average molecular weight is 1370 g/mol. The zero-order chi connectivity index (χ0) is 68.7. The second-order valence-electron chi connectivity index (χ2n) is 28.1. The third kappa shape index (κ3) is 68.4. The molecule has 0 saturated carbocycles. The van der Waals surface area contributed by atoms with Gasteiger partial charge in [-0.05, 0) is 43.4 Å². The molecular weight excluding hydrogens is 1220 g/mol. The van der Waals surface area contributed by atoms with E-state index >= 15 is 0 Å². The van der Waals surface area contributed by atoms with Crippen molar-refractivity contribution in [3.8, 4) is 0 Å². The normalized spacial score (nSPS) is 14.1. The van der Waals surface area contributed by atoms with Gasteiger partial charge in [0.25, 0.3) is 0 Å². The molecule has 0 rings (SSSR count). The molecule has 0 saturated heterocycles. The van der Waals surface area contributed by atoms with E-state index in [4.69, 9.17) is 37.0 Å². The van der Waals surface area contributed by atoms with E-state index in [9.17, 15) is 43.2 Å². The number of phosphoric ester groups is 2. The van der Waals surface area contributed by atoms with E-state index in [1.807, 2.05) is 0 Å². The zero-order valence-corrected chi connectivity index (χ0v) is 62.5. The number of aliphatic hydroxyl groups is 1. The Morgan fingerprint density at radius 3 is 0.731 bits per heavy atom. The summed E-state index contributed by atoms with van der Waals surface area (Å²) >= 11 is 0. The van der Waals surface area contributed by atoms with E-state index in [0.29, 0.717) is 25.7 Å². The molecular formula is C74H144O17P2. The minimum atomic E-state index is -4.95. The molecule has 0 aromatic carbocycles. The Hall–Kier alpha value is -1.94. The molecule has 552 valence electrons. The first-order valence-electron chi connectivity index (χ1n) is 38.3. The first-order valence-corrected chi connectivity index (χ1v) is 41.3. The molecule has 17 nitrogen and oxygen atoms in total. The van der Waals surface area contributed by atoms with Gasteiger partial charge in [0.15, 0.2) is 12.2 Å². The van der Waals surface area contributed by atoms with Crippen molar-refractivity contribution >= 4 is 39.5 Å². The lowest BCUT2D eigenvalue weighted by Gasteiger charge is -2.21. The maximum atomic E-state index is 13.1. The quantitative estimate of drug-likeness (QED) is 0.0222. The second kappa shape index (κ2) is 64.7. The number of carbonyl (C=O) groups is 4. The number of ether oxygens (including phenoxy) is 4. The maximum absolute atomic E-state index is 13.1. The summed E-state index contributed by atoms with van der Waals surface area (Å²) in [6.07, 6.45) is 49.8. The molecule has 0 aromatic heterocycles. The maximum Gasteiger partial charge on any atom is 0.472 e. The molecule has 93 heavy (non-hydrogen) atoms. The number of hydrogen-bond donors (Lipinski definition) is 3. The minimum Gasteiger partial charge on any atom is -0.462 e. The highest BCUT2D eigenvalue weighted by molar-refractivity contribution is 7.47. The fourth-order valence-electron chi connectivity index (χ4n) is 11.2. The topological polar surface area (TPSA) is 237 Å². The van der Waals surface area contributed by atoms with Crippen LogP contribution in [0.25, 0.3) is 0 Å². The average Bonchev–Trinajstić information content (AvgIpc) is 2.54. The van der Waals surface area contributed by atoms with Crippen LogP contribution in [0.3, 0.4) is 0 Å². The van der Waals surface area contributed by atoms with Gasteiger partial charge < -0.3 is 33.8 Å². The van der Waals surface area contributed by atoms with Crippen molar-refractivity contribution < 1.29 is 80.2 Å². The van der Waals surface area contributed by atoms with Crippen LogP contribution < -0.4 is 0 Å². The molecule has 0 amide bonds. The van der Waals surface area contributed by atoms with Crippen molar-refractivity contribution in [2.24, 2.45) is 17.8 Å². The second-order valence-corrected chi connectivity index (χ2v) is 31.0. The van der Waals surface area contributed by atoms with Crippen LogP contribution in [0.1, 0.15) is 376 Å². The molecule has 0 spiro atoms. The molecule has 0 fully saturated rings. The van der Waals surface area contributed by atoms with Crippen molar-refractivity contribution in [1.29, 1.82) is 0 Å². The van der Waals surface area contributed by atoms with Gasteiger partial charge in [0, 0.05) is 25.7 Å². The van der Waals surface area contributed by atoms with Crippen molar-refractivity contribution in [1.82, 2.24) is 0 Å². The number of phosphoric acid groups is 2. The van der Waals surface area contributed by atoms with Gasteiger partial charge in [0.05, 0.1) is 26.4 Å². The van der Waals surface area contributed by atoms with Crippen LogP contribution in [0.2, 0.25) is 0 Å². The highest BCUT2D eigenvalue weighted by Gasteiger charge is 2.30. The minimum absolute atomic E-state index is 0.106. The number of unbranched alkanes of at least 4 members (excludes halogenated alkanes) is 40. The number of carbonyl (C=O) groups excluding carboxylic acids is 4. The Morgan fingerprint density at radius 2 is 0.495 bits per heavy atom. The SMILES string of the molecule is CCCCCCCCCCCCCCCCC(=O)O[C@H](COC(=O)CCCCCCCCCCCCC(C)C)COP(=O)(O)OC[C@@H](O)COP(=O)(O)OC[C@@H](COC(=O)CCCCCCCCCCCCC(C)C)OC(=O)CCCCCCCCCCCCC(C)C.